The monoisotopic (exact) mass is 405 g/mol. The first-order valence-corrected chi connectivity index (χ1v) is 9.94. The maximum absolute atomic E-state index is 10.9. The molecular formula is C22H23N5O3. The molecule has 8 heteroatoms. The molecule has 0 amide bonds. The molecule has 154 valence electrons. The second-order valence-corrected chi connectivity index (χ2v) is 7.50. The minimum absolute atomic E-state index is 0.0831. The lowest BCUT2D eigenvalue weighted by Gasteiger charge is -2.15. The van der Waals surface area contributed by atoms with E-state index in [9.17, 15) is 5.11 Å². The smallest absolute Gasteiger partial charge is 0.240 e. The highest BCUT2D eigenvalue weighted by atomic mass is 16.5. The van der Waals surface area contributed by atoms with Gasteiger partial charge in [-0.2, -0.15) is 4.98 Å². The minimum Gasteiger partial charge on any atom is -0.496 e. The summed E-state index contributed by atoms with van der Waals surface area (Å²) in [6, 6.07) is 5.96. The van der Waals surface area contributed by atoms with E-state index in [1.54, 1.807) is 17.8 Å². The molecule has 1 aliphatic heterocycles. The molecular weight excluding hydrogens is 382 g/mol. The van der Waals surface area contributed by atoms with Gasteiger partial charge in [-0.05, 0) is 37.0 Å². The Morgan fingerprint density at radius 1 is 1.27 bits per heavy atom. The van der Waals surface area contributed by atoms with Gasteiger partial charge in [0.2, 0.25) is 11.7 Å². The summed E-state index contributed by atoms with van der Waals surface area (Å²) in [6.07, 6.45) is 7.17. The molecule has 4 aromatic rings. The molecule has 30 heavy (non-hydrogen) atoms. The molecule has 0 radical (unpaired) electrons. The van der Waals surface area contributed by atoms with Crippen LogP contribution in [0.4, 0.5) is 0 Å². The second kappa shape index (κ2) is 7.14. The third-order valence-electron chi connectivity index (χ3n) is 5.72. The Kier molecular flexibility index (Phi) is 4.43. The van der Waals surface area contributed by atoms with Gasteiger partial charge in [-0.25, -0.2) is 9.50 Å². The van der Waals surface area contributed by atoms with Crippen LogP contribution in [0.3, 0.4) is 0 Å². The topological polar surface area (TPSA) is 86.7 Å². The van der Waals surface area contributed by atoms with Gasteiger partial charge in [0.15, 0.2) is 5.82 Å². The Morgan fingerprint density at radius 2 is 2.13 bits per heavy atom. The number of hydrogen-bond donors (Lipinski definition) is 1. The zero-order valence-electron chi connectivity index (χ0n) is 17.2. The van der Waals surface area contributed by atoms with Gasteiger partial charge in [-0.3, -0.25) is 0 Å². The Hall–Kier alpha value is -3.39. The molecule has 0 spiro atoms. The fourth-order valence-corrected chi connectivity index (χ4v) is 4.24. The first-order chi connectivity index (χ1) is 14.6. The highest BCUT2D eigenvalue weighted by Crippen LogP contribution is 2.43. The van der Waals surface area contributed by atoms with Crippen LogP contribution in [0.5, 0.6) is 11.6 Å². The maximum atomic E-state index is 10.9. The molecule has 0 unspecified atom stereocenters. The Balaban J connectivity index is 1.79. The predicted molar refractivity (Wildman–Crippen MR) is 112 cm³/mol. The van der Waals surface area contributed by atoms with Crippen LogP contribution in [-0.4, -0.2) is 43.0 Å². The van der Waals surface area contributed by atoms with Crippen molar-refractivity contribution in [1.82, 2.24) is 24.1 Å². The number of methoxy groups -OCH3 is 1. The molecule has 1 fully saturated rings. The average molecular weight is 405 g/mol. The number of ether oxygens (including phenoxy) is 2. The average Bonchev–Trinajstić information content (AvgIpc) is 3.47. The van der Waals surface area contributed by atoms with Crippen molar-refractivity contribution in [2.75, 3.05) is 13.7 Å². The van der Waals surface area contributed by atoms with Crippen LogP contribution in [0.2, 0.25) is 0 Å². The van der Waals surface area contributed by atoms with Crippen molar-refractivity contribution < 1.29 is 14.6 Å². The molecule has 0 saturated carbocycles. The van der Waals surface area contributed by atoms with E-state index < -0.39 is 0 Å². The SMILES string of the molecule is COc1cccc(-c2cn3nc(-c4nccn4C)nc(O)c3c2[C@H]2CCCO2)c1C. The van der Waals surface area contributed by atoms with Crippen molar-refractivity contribution >= 4 is 5.52 Å². The van der Waals surface area contributed by atoms with E-state index in [1.807, 2.05) is 43.1 Å². The van der Waals surface area contributed by atoms with Gasteiger partial charge in [0, 0.05) is 43.4 Å². The van der Waals surface area contributed by atoms with Gasteiger partial charge in [0.05, 0.1) is 13.2 Å². The summed E-state index contributed by atoms with van der Waals surface area (Å²) in [5.41, 5.74) is 4.47. The van der Waals surface area contributed by atoms with Crippen LogP contribution in [-0.2, 0) is 11.8 Å². The fraction of sp³-hybridized carbons (Fsp3) is 0.318. The molecule has 1 saturated heterocycles. The van der Waals surface area contributed by atoms with Crippen LogP contribution in [0.15, 0.2) is 36.8 Å². The molecule has 1 aromatic carbocycles. The number of nitrogens with zero attached hydrogens (tertiary/aromatic N) is 5. The third-order valence-corrected chi connectivity index (χ3v) is 5.72. The summed E-state index contributed by atoms with van der Waals surface area (Å²) in [4.78, 5) is 8.67. The van der Waals surface area contributed by atoms with Gasteiger partial charge in [-0.1, -0.05) is 12.1 Å². The largest absolute Gasteiger partial charge is 0.496 e. The number of hydrogen-bond acceptors (Lipinski definition) is 6. The summed E-state index contributed by atoms with van der Waals surface area (Å²) >= 11 is 0. The van der Waals surface area contributed by atoms with E-state index >= 15 is 0 Å². The molecule has 1 atom stereocenters. The fourth-order valence-electron chi connectivity index (χ4n) is 4.24. The molecule has 5 rings (SSSR count). The standard InChI is InChI=1S/C22H23N5O3/c1-13-14(6-4-7-16(13)29-3)15-12-27-19(18(15)17-8-5-11-30-17)22(28)24-20(25-27)21-23-9-10-26(21)2/h4,6-7,9-10,12,17H,5,8,11H2,1-3H3,(H,24,25,28)/t17-/m1/s1. The van der Waals surface area contributed by atoms with Crippen LogP contribution >= 0.6 is 0 Å². The lowest BCUT2D eigenvalue weighted by atomic mass is 9.95. The first kappa shape index (κ1) is 18.6. The van der Waals surface area contributed by atoms with Gasteiger partial charge in [-0.15, -0.1) is 5.10 Å². The van der Waals surface area contributed by atoms with Crippen molar-refractivity contribution in [3.63, 3.8) is 0 Å². The zero-order chi connectivity index (χ0) is 20.8. The summed E-state index contributed by atoms with van der Waals surface area (Å²) in [5.74, 6) is 1.67. The molecule has 3 aromatic heterocycles. The zero-order valence-corrected chi connectivity index (χ0v) is 17.2. The van der Waals surface area contributed by atoms with E-state index in [0.29, 0.717) is 23.8 Å². The Bertz CT molecular complexity index is 1240. The molecule has 0 bridgehead atoms. The molecule has 1 N–H and O–H groups in total. The van der Waals surface area contributed by atoms with Crippen molar-refractivity contribution in [3.05, 3.63) is 47.9 Å². The number of aromatic hydroxyl groups is 1. The molecule has 1 aliphatic rings. The summed E-state index contributed by atoms with van der Waals surface area (Å²) in [6.45, 7) is 2.73. The summed E-state index contributed by atoms with van der Waals surface area (Å²) < 4.78 is 15.0. The number of rotatable bonds is 4. The normalized spacial score (nSPS) is 16.4. The van der Waals surface area contributed by atoms with E-state index in [-0.39, 0.29) is 12.0 Å². The lowest BCUT2D eigenvalue weighted by Crippen LogP contribution is -2.03. The van der Waals surface area contributed by atoms with Crippen molar-refractivity contribution in [2.45, 2.75) is 25.9 Å². The second-order valence-electron chi connectivity index (χ2n) is 7.50. The molecule has 0 aliphatic carbocycles. The van der Waals surface area contributed by atoms with Crippen LogP contribution in [0.25, 0.3) is 28.3 Å². The number of benzene rings is 1. The van der Waals surface area contributed by atoms with Crippen molar-refractivity contribution in [2.24, 2.45) is 7.05 Å². The highest BCUT2D eigenvalue weighted by Gasteiger charge is 2.29. The number of imidazole rings is 1. The van der Waals surface area contributed by atoms with Crippen molar-refractivity contribution in [3.8, 4) is 34.4 Å². The minimum atomic E-state index is -0.121. The van der Waals surface area contributed by atoms with Gasteiger partial charge >= 0.3 is 0 Å². The highest BCUT2D eigenvalue weighted by molar-refractivity contribution is 5.82. The Morgan fingerprint density at radius 3 is 2.83 bits per heavy atom. The first-order valence-electron chi connectivity index (χ1n) is 9.94. The summed E-state index contributed by atoms with van der Waals surface area (Å²) in [7, 11) is 3.53. The number of aromatic nitrogens is 5. The van der Waals surface area contributed by atoms with E-state index in [1.165, 1.54) is 0 Å². The quantitative estimate of drug-likeness (QED) is 0.557. The van der Waals surface area contributed by atoms with E-state index in [0.717, 1.165) is 40.8 Å². The van der Waals surface area contributed by atoms with E-state index in [4.69, 9.17) is 9.47 Å². The Labute approximate surface area is 173 Å². The van der Waals surface area contributed by atoms with Crippen LogP contribution in [0, 0.1) is 6.92 Å². The predicted octanol–water partition coefficient (Wildman–Crippen LogP) is 3.67. The van der Waals surface area contributed by atoms with Crippen LogP contribution < -0.4 is 4.74 Å². The van der Waals surface area contributed by atoms with Gasteiger partial charge in [0.25, 0.3) is 0 Å². The molecule has 4 heterocycles. The van der Waals surface area contributed by atoms with E-state index in [2.05, 4.69) is 21.1 Å². The number of aryl methyl sites for hydroxylation is 1. The maximum Gasteiger partial charge on any atom is 0.240 e. The number of fused-ring (bicyclic) bond motifs is 1. The van der Waals surface area contributed by atoms with Gasteiger partial charge < -0.3 is 19.1 Å². The van der Waals surface area contributed by atoms with Crippen molar-refractivity contribution in [1.29, 1.82) is 0 Å². The lowest BCUT2D eigenvalue weighted by molar-refractivity contribution is 0.113. The molecule has 8 nitrogen and oxygen atoms in total. The van der Waals surface area contributed by atoms with Crippen LogP contribution in [0.1, 0.15) is 30.1 Å². The third kappa shape index (κ3) is 2.83. The summed E-state index contributed by atoms with van der Waals surface area (Å²) in [5, 5.41) is 15.6. The van der Waals surface area contributed by atoms with Gasteiger partial charge in [0.1, 0.15) is 11.3 Å².